The van der Waals surface area contributed by atoms with Crippen LogP contribution in [-0.2, 0) is 10.0 Å². The number of benzene rings is 1. The summed E-state index contributed by atoms with van der Waals surface area (Å²) in [6, 6.07) is 8.03. The molecule has 2 N–H and O–H groups in total. The maximum absolute atomic E-state index is 12.1. The molecule has 1 aromatic heterocycles. The largest absolute Gasteiger partial charge is 0.478 e. The number of sulfonamides is 1. The summed E-state index contributed by atoms with van der Waals surface area (Å²) in [4.78, 5) is 10.7. The van der Waals surface area contributed by atoms with Crippen LogP contribution in [0.15, 0.2) is 39.9 Å². The molecule has 0 saturated heterocycles. The first-order chi connectivity index (χ1) is 8.88. The van der Waals surface area contributed by atoms with Crippen molar-refractivity contribution in [2.75, 3.05) is 4.72 Å². The average molecular weight is 409 g/mol. The van der Waals surface area contributed by atoms with Crippen LogP contribution in [-0.4, -0.2) is 19.5 Å². The summed E-state index contributed by atoms with van der Waals surface area (Å²) in [6.07, 6.45) is 0. The smallest absolute Gasteiger partial charge is 0.336 e. The Labute approximate surface area is 127 Å². The molecule has 0 radical (unpaired) electrons. The second-order valence-electron chi connectivity index (χ2n) is 3.58. The van der Waals surface area contributed by atoms with Crippen molar-refractivity contribution in [3.05, 3.63) is 44.8 Å². The topological polar surface area (TPSA) is 83.5 Å². The predicted molar refractivity (Wildman–Crippen MR) is 81.2 cm³/mol. The van der Waals surface area contributed by atoms with Gasteiger partial charge in [-0.2, -0.15) is 0 Å². The fourth-order valence-corrected chi connectivity index (χ4v) is 4.07. The van der Waals surface area contributed by atoms with Gasteiger partial charge in [-0.3, -0.25) is 4.72 Å². The van der Waals surface area contributed by atoms with Crippen LogP contribution in [0.25, 0.3) is 0 Å². The highest BCUT2D eigenvalue weighted by Gasteiger charge is 2.19. The van der Waals surface area contributed by atoms with E-state index in [1.54, 1.807) is 18.2 Å². The molecule has 0 atom stereocenters. The summed E-state index contributed by atoms with van der Waals surface area (Å²) >= 11 is 2.95. The number of thiophene rings is 1. The molecule has 0 spiro atoms. The first kappa shape index (κ1) is 14.3. The van der Waals surface area contributed by atoms with E-state index in [1.807, 2.05) is 6.07 Å². The van der Waals surface area contributed by atoms with Gasteiger partial charge in [-0.15, -0.1) is 11.3 Å². The molecular weight excluding hydrogens is 401 g/mol. The molecule has 2 rings (SSSR count). The lowest BCUT2D eigenvalue weighted by Gasteiger charge is -2.06. The Morgan fingerprint density at radius 2 is 2.05 bits per heavy atom. The van der Waals surface area contributed by atoms with Crippen molar-refractivity contribution in [1.82, 2.24) is 0 Å². The van der Waals surface area contributed by atoms with E-state index < -0.39 is 16.0 Å². The number of rotatable bonds is 4. The van der Waals surface area contributed by atoms with Crippen LogP contribution < -0.4 is 4.72 Å². The molecule has 0 saturated carbocycles. The number of carbonyl (C=O) groups is 1. The van der Waals surface area contributed by atoms with Crippen molar-refractivity contribution in [3.63, 3.8) is 0 Å². The molecule has 0 amide bonds. The first-order valence-corrected chi connectivity index (χ1v) is 8.43. The molecule has 5 nitrogen and oxygen atoms in total. The fourth-order valence-electron chi connectivity index (χ4n) is 1.33. The van der Waals surface area contributed by atoms with E-state index in [9.17, 15) is 13.2 Å². The summed E-state index contributed by atoms with van der Waals surface area (Å²) in [5.41, 5.74) is 0.408. The molecule has 2 aromatic rings. The van der Waals surface area contributed by atoms with Crippen LogP contribution >= 0.6 is 33.9 Å². The molecule has 0 aliphatic carbocycles. The third-order valence-electron chi connectivity index (χ3n) is 2.16. The maximum Gasteiger partial charge on any atom is 0.336 e. The number of nitrogens with one attached hydrogen (secondary N) is 1. The third kappa shape index (κ3) is 3.45. The summed E-state index contributed by atoms with van der Waals surface area (Å²) in [6.45, 7) is 0. The summed E-state index contributed by atoms with van der Waals surface area (Å²) in [7, 11) is -3.74. The molecule has 1 heterocycles. The van der Waals surface area contributed by atoms with Gasteiger partial charge in [0.15, 0.2) is 0 Å². The minimum absolute atomic E-state index is 0.0243. The van der Waals surface area contributed by atoms with Crippen molar-refractivity contribution in [2.24, 2.45) is 0 Å². The van der Waals surface area contributed by atoms with Gasteiger partial charge >= 0.3 is 5.97 Å². The summed E-state index contributed by atoms with van der Waals surface area (Å²) in [5, 5.41) is 10.1. The summed E-state index contributed by atoms with van der Waals surface area (Å²) < 4.78 is 27.4. The molecule has 19 heavy (non-hydrogen) atoms. The molecule has 0 unspecified atom stereocenters. The van der Waals surface area contributed by atoms with Gasteiger partial charge < -0.3 is 5.11 Å². The van der Waals surface area contributed by atoms with Crippen LogP contribution in [0.2, 0.25) is 0 Å². The van der Waals surface area contributed by atoms with Gasteiger partial charge in [-0.05, 0) is 46.9 Å². The van der Waals surface area contributed by atoms with E-state index in [-0.39, 0.29) is 9.77 Å². The van der Waals surface area contributed by atoms with Crippen LogP contribution in [0, 0.1) is 3.57 Å². The van der Waals surface area contributed by atoms with E-state index in [1.165, 1.54) is 5.38 Å². The number of hydrogen-bond acceptors (Lipinski definition) is 4. The lowest BCUT2D eigenvalue weighted by atomic mass is 10.3. The molecule has 100 valence electrons. The normalized spacial score (nSPS) is 11.2. The number of halogens is 1. The Balaban J connectivity index is 2.29. The van der Waals surface area contributed by atoms with Gasteiger partial charge in [-0.25, -0.2) is 13.2 Å². The Bertz CT molecular complexity index is 724. The van der Waals surface area contributed by atoms with Crippen molar-refractivity contribution >= 4 is 55.6 Å². The standard InChI is InChI=1S/C11H8INO4S2/c12-8-2-1-3-9(5-8)13-19(16,17)10-4-7(6-18-10)11(14)15/h1-6,13H,(H,14,15). The average Bonchev–Trinajstić information content (AvgIpc) is 2.78. The van der Waals surface area contributed by atoms with Crippen molar-refractivity contribution < 1.29 is 18.3 Å². The van der Waals surface area contributed by atoms with Gasteiger partial charge in [0.1, 0.15) is 4.21 Å². The number of carboxylic acids is 1. The SMILES string of the molecule is O=C(O)c1csc(S(=O)(=O)Nc2cccc(I)c2)c1. The van der Waals surface area contributed by atoms with E-state index in [4.69, 9.17) is 5.11 Å². The maximum atomic E-state index is 12.1. The van der Waals surface area contributed by atoms with E-state index in [0.29, 0.717) is 5.69 Å². The Hall–Kier alpha value is -1.13. The number of aromatic carboxylic acids is 1. The van der Waals surface area contributed by atoms with Gasteiger partial charge in [0.05, 0.1) is 5.56 Å². The lowest BCUT2D eigenvalue weighted by Crippen LogP contribution is -2.11. The van der Waals surface area contributed by atoms with Crippen molar-refractivity contribution in [1.29, 1.82) is 0 Å². The molecule has 1 aromatic carbocycles. The van der Waals surface area contributed by atoms with Crippen LogP contribution in [0.4, 0.5) is 5.69 Å². The quantitative estimate of drug-likeness (QED) is 0.761. The highest BCUT2D eigenvalue weighted by molar-refractivity contribution is 14.1. The van der Waals surface area contributed by atoms with E-state index in [0.717, 1.165) is 21.0 Å². The highest BCUT2D eigenvalue weighted by atomic mass is 127. The highest BCUT2D eigenvalue weighted by Crippen LogP contribution is 2.23. The summed E-state index contributed by atoms with van der Waals surface area (Å²) in [5.74, 6) is -1.15. The predicted octanol–water partition coefficient (Wildman–Crippen LogP) is 2.85. The molecule has 0 aliphatic rings. The lowest BCUT2D eigenvalue weighted by molar-refractivity contribution is 0.0697. The van der Waals surface area contributed by atoms with Gasteiger partial charge in [-0.1, -0.05) is 6.07 Å². The minimum Gasteiger partial charge on any atom is -0.478 e. The Kier molecular flexibility index (Phi) is 4.11. The molecule has 0 fully saturated rings. The van der Waals surface area contributed by atoms with Gasteiger partial charge in [0.25, 0.3) is 10.0 Å². The molecule has 0 aliphatic heterocycles. The zero-order valence-corrected chi connectivity index (χ0v) is 13.1. The van der Waals surface area contributed by atoms with E-state index in [2.05, 4.69) is 27.3 Å². The van der Waals surface area contributed by atoms with Crippen LogP contribution in [0.1, 0.15) is 10.4 Å². The first-order valence-electron chi connectivity index (χ1n) is 4.99. The zero-order valence-electron chi connectivity index (χ0n) is 9.33. The number of carboxylic acid groups (broad SMARTS) is 1. The second-order valence-corrected chi connectivity index (χ2v) is 7.64. The van der Waals surface area contributed by atoms with Crippen molar-refractivity contribution in [3.8, 4) is 0 Å². The van der Waals surface area contributed by atoms with Crippen LogP contribution in [0.5, 0.6) is 0 Å². The van der Waals surface area contributed by atoms with E-state index >= 15 is 0 Å². The minimum atomic E-state index is -3.74. The number of hydrogen-bond donors (Lipinski definition) is 2. The second kappa shape index (κ2) is 5.47. The number of anilines is 1. The molecule has 0 bridgehead atoms. The van der Waals surface area contributed by atoms with Gasteiger partial charge in [0.2, 0.25) is 0 Å². The zero-order chi connectivity index (χ0) is 14.0. The van der Waals surface area contributed by atoms with Gasteiger partial charge in [0, 0.05) is 14.6 Å². The molecule has 8 heteroatoms. The fraction of sp³-hybridized carbons (Fsp3) is 0. The molecular formula is C11H8INO4S2. The van der Waals surface area contributed by atoms with Crippen molar-refractivity contribution in [2.45, 2.75) is 4.21 Å². The third-order valence-corrected chi connectivity index (χ3v) is 5.66. The monoisotopic (exact) mass is 409 g/mol. The Morgan fingerprint density at radius 3 is 2.63 bits per heavy atom. The van der Waals surface area contributed by atoms with Crippen LogP contribution in [0.3, 0.4) is 0 Å². The Morgan fingerprint density at radius 1 is 1.32 bits per heavy atom.